The minimum absolute atomic E-state index is 0.0651. The van der Waals surface area contributed by atoms with E-state index in [9.17, 15) is 4.79 Å². The molecule has 1 N–H and O–H groups in total. The number of hydrogen-bond donors (Lipinski definition) is 1. The highest BCUT2D eigenvalue weighted by atomic mass is 16.5. The Kier molecular flexibility index (Phi) is 4.76. The minimum Gasteiger partial charge on any atom is -0.381 e. The second-order valence-electron chi connectivity index (χ2n) is 4.52. The van der Waals surface area contributed by atoms with Crippen LogP contribution >= 0.6 is 0 Å². The summed E-state index contributed by atoms with van der Waals surface area (Å²) >= 11 is 0. The van der Waals surface area contributed by atoms with Crippen molar-refractivity contribution in [3.8, 4) is 0 Å². The number of nitrogens with zero attached hydrogens (tertiary/aromatic N) is 1. The van der Waals surface area contributed by atoms with Crippen LogP contribution in [0.2, 0.25) is 0 Å². The summed E-state index contributed by atoms with van der Waals surface area (Å²) in [6.45, 7) is 4.34. The SMILES string of the molecule is O=c1ccccn1CCNCC1CCCOC1. The first-order valence-corrected chi connectivity index (χ1v) is 6.30. The van der Waals surface area contributed by atoms with Gasteiger partial charge in [-0.2, -0.15) is 0 Å². The first-order chi connectivity index (χ1) is 8.36. The summed E-state index contributed by atoms with van der Waals surface area (Å²) in [5, 5.41) is 3.39. The molecule has 0 amide bonds. The van der Waals surface area contributed by atoms with Gasteiger partial charge in [0.15, 0.2) is 0 Å². The Morgan fingerprint density at radius 3 is 3.18 bits per heavy atom. The van der Waals surface area contributed by atoms with E-state index in [-0.39, 0.29) is 5.56 Å². The highest BCUT2D eigenvalue weighted by Crippen LogP contribution is 2.11. The van der Waals surface area contributed by atoms with Crippen molar-refractivity contribution in [1.82, 2.24) is 9.88 Å². The third-order valence-corrected chi connectivity index (χ3v) is 3.12. The molecule has 0 bridgehead atoms. The van der Waals surface area contributed by atoms with Crippen molar-refractivity contribution in [3.63, 3.8) is 0 Å². The molecule has 1 atom stereocenters. The van der Waals surface area contributed by atoms with Crippen LogP contribution in [0.15, 0.2) is 29.2 Å². The Morgan fingerprint density at radius 1 is 1.47 bits per heavy atom. The number of rotatable bonds is 5. The maximum Gasteiger partial charge on any atom is 0.250 e. The van der Waals surface area contributed by atoms with E-state index in [1.165, 1.54) is 12.8 Å². The summed E-state index contributed by atoms with van der Waals surface area (Å²) in [6, 6.07) is 5.25. The van der Waals surface area contributed by atoms with E-state index in [1.54, 1.807) is 16.7 Å². The molecule has 17 heavy (non-hydrogen) atoms. The molecule has 0 saturated carbocycles. The summed E-state index contributed by atoms with van der Waals surface area (Å²) < 4.78 is 7.15. The fourth-order valence-electron chi connectivity index (χ4n) is 2.12. The molecular weight excluding hydrogens is 216 g/mol. The Labute approximate surface area is 102 Å². The lowest BCUT2D eigenvalue weighted by Crippen LogP contribution is -2.32. The van der Waals surface area contributed by atoms with Crippen LogP contribution in [-0.2, 0) is 11.3 Å². The highest BCUT2D eigenvalue weighted by molar-refractivity contribution is 4.93. The van der Waals surface area contributed by atoms with Gasteiger partial charge in [0, 0.05) is 38.5 Å². The normalized spacial score (nSPS) is 20.4. The van der Waals surface area contributed by atoms with E-state index in [2.05, 4.69) is 5.32 Å². The number of hydrogen-bond acceptors (Lipinski definition) is 3. The first-order valence-electron chi connectivity index (χ1n) is 6.30. The zero-order chi connectivity index (χ0) is 11.9. The van der Waals surface area contributed by atoms with Gasteiger partial charge in [0.2, 0.25) is 0 Å². The summed E-state index contributed by atoms with van der Waals surface area (Å²) in [4.78, 5) is 11.4. The average Bonchev–Trinajstić information content (AvgIpc) is 2.38. The zero-order valence-electron chi connectivity index (χ0n) is 10.1. The van der Waals surface area contributed by atoms with E-state index in [0.717, 1.165) is 32.8 Å². The lowest BCUT2D eigenvalue weighted by atomic mass is 10.0. The predicted octanol–water partition coefficient (Wildman–Crippen LogP) is 0.864. The van der Waals surface area contributed by atoms with Gasteiger partial charge in [-0.25, -0.2) is 0 Å². The summed E-state index contributed by atoms with van der Waals surface area (Å²) in [7, 11) is 0. The molecule has 2 heterocycles. The molecule has 1 unspecified atom stereocenters. The van der Waals surface area contributed by atoms with E-state index in [1.807, 2.05) is 12.3 Å². The molecule has 1 saturated heterocycles. The van der Waals surface area contributed by atoms with Gasteiger partial charge in [-0.3, -0.25) is 4.79 Å². The predicted molar refractivity (Wildman–Crippen MR) is 67.1 cm³/mol. The average molecular weight is 236 g/mol. The molecular formula is C13H20N2O2. The van der Waals surface area contributed by atoms with Crippen molar-refractivity contribution in [2.75, 3.05) is 26.3 Å². The lowest BCUT2D eigenvalue weighted by Gasteiger charge is -2.22. The van der Waals surface area contributed by atoms with Crippen molar-refractivity contribution in [2.24, 2.45) is 5.92 Å². The molecule has 1 aromatic heterocycles. The molecule has 0 aromatic carbocycles. The molecule has 0 radical (unpaired) electrons. The summed E-state index contributed by atoms with van der Waals surface area (Å²) in [6.07, 6.45) is 4.25. The van der Waals surface area contributed by atoms with Gasteiger partial charge in [0.05, 0.1) is 6.61 Å². The minimum atomic E-state index is 0.0651. The van der Waals surface area contributed by atoms with E-state index in [4.69, 9.17) is 4.74 Å². The Morgan fingerprint density at radius 2 is 2.41 bits per heavy atom. The second-order valence-corrected chi connectivity index (χ2v) is 4.52. The molecule has 4 nitrogen and oxygen atoms in total. The van der Waals surface area contributed by atoms with Gasteiger partial charge in [-0.05, 0) is 24.8 Å². The number of nitrogens with one attached hydrogen (secondary N) is 1. The molecule has 2 rings (SSSR count). The molecule has 1 aromatic rings. The zero-order valence-corrected chi connectivity index (χ0v) is 10.1. The molecule has 1 aliphatic rings. The van der Waals surface area contributed by atoms with Crippen LogP contribution < -0.4 is 10.9 Å². The quantitative estimate of drug-likeness (QED) is 0.771. The maximum atomic E-state index is 11.4. The van der Waals surface area contributed by atoms with Crippen LogP contribution in [0.5, 0.6) is 0 Å². The fraction of sp³-hybridized carbons (Fsp3) is 0.615. The molecule has 4 heteroatoms. The standard InChI is InChI=1S/C13H20N2O2/c16-13-5-1-2-7-15(13)8-6-14-10-12-4-3-9-17-11-12/h1-2,5,7,12,14H,3-4,6,8-11H2. The van der Waals surface area contributed by atoms with Gasteiger partial charge in [0.25, 0.3) is 5.56 Å². The Balaban J connectivity index is 1.66. The molecule has 1 aliphatic heterocycles. The van der Waals surface area contributed by atoms with Crippen molar-refractivity contribution < 1.29 is 4.74 Å². The van der Waals surface area contributed by atoms with Crippen LogP contribution in [-0.4, -0.2) is 30.9 Å². The van der Waals surface area contributed by atoms with Crippen LogP contribution in [0.4, 0.5) is 0 Å². The maximum absolute atomic E-state index is 11.4. The van der Waals surface area contributed by atoms with Gasteiger partial charge >= 0.3 is 0 Å². The van der Waals surface area contributed by atoms with Crippen LogP contribution in [0.1, 0.15) is 12.8 Å². The van der Waals surface area contributed by atoms with Crippen molar-refractivity contribution >= 4 is 0 Å². The van der Waals surface area contributed by atoms with E-state index in [0.29, 0.717) is 5.92 Å². The second kappa shape index (κ2) is 6.57. The lowest BCUT2D eigenvalue weighted by molar-refractivity contribution is 0.0548. The molecule has 1 fully saturated rings. The van der Waals surface area contributed by atoms with E-state index >= 15 is 0 Å². The molecule has 0 aliphatic carbocycles. The van der Waals surface area contributed by atoms with Crippen LogP contribution in [0.25, 0.3) is 0 Å². The van der Waals surface area contributed by atoms with Crippen molar-refractivity contribution in [3.05, 3.63) is 34.7 Å². The van der Waals surface area contributed by atoms with Crippen molar-refractivity contribution in [1.29, 1.82) is 0 Å². The first kappa shape index (κ1) is 12.3. The third kappa shape index (κ3) is 3.98. The Hall–Kier alpha value is -1.13. The topological polar surface area (TPSA) is 43.3 Å². The number of pyridine rings is 1. The highest BCUT2D eigenvalue weighted by Gasteiger charge is 2.12. The fourth-order valence-corrected chi connectivity index (χ4v) is 2.12. The van der Waals surface area contributed by atoms with Crippen molar-refractivity contribution in [2.45, 2.75) is 19.4 Å². The summed E-state index contributed by atoms with van der Waals surface area (Å²) in [5.41, 5.74) is 0.0651. The van der Waals surface area contributed by atoms with Crippen LogP contribution in [0, 0.1) is 5.92 Å². The smallest absolute Gasteiger partial charge is 0.250 e. The summed E-state index contributed by atoms with van der Waals surface area (Å²) in [5.74, 6) is 0.635. The van der Waals surface area contributed by atoms with Gasteiger partial charge in [-0.1, -0.05) is 6.07 Å². The Bertz CT molecular complexity index is 383. The largest absolute Gasteiger partial charge is 0.381 e. The van der Waals surface area contributed by atoms with Gasteiger partial charge in [-0.15, -0.1) is 0 Å². The number of aromatic nitrogens is 1. The third-order valence-electron chi connectivity index (χ3n) is 3.12. The van der Waals surface area contributed by atoms with Gasteiger partial charge in [0.1, 0.15) is 0 Å². The van der Waals surface area contributed by atoms with E-state index < -0.39 is 0 Å². The van der Waals surface area contributed by atoms with Gasteiger partial charge < -0.3 is 14.6 Å². The number of ether oxygens (including phenoxy) is 1. The molecule has 94 valence electrons. The monoisotopic (exact) mass is 236 g/mol. The van der Waals surface area contributed by atoms with Crippen LogP contribution in [0.3, 0.4) is 0 Å². The molecule has 0 spiro atoms.